The molecular weight excluding hydrogens is 482 g/mol. The van der Waals surface area contributed by atoms with Gasteiger partial charge in [-0.05, 0) is 31.2 Å². The maximum atomic E-state index is 13.0. The van der Waals surface area contributed by atoms with Gasteiger partial charge in [0.05, 0.1) is 21.3 Å². The van der Waals surface area contributed by atoms with Crippen LogP contribution in [0.15, 0.2) is 57.7 Å². The fourth-order valence-corrected chi connectivity index (χ4v) is 4.64. The van der Waals surface area contributed by atoms with Gasteiger partial charge in [-0.1, -0.05) is 35.6 Å². The molecular formula is C26H21N3O6S. The number of furan rings is 1. The lowest BCUT2D eigenvalue weighted by molar-refractivity contribution is 0.101. The van der Waals surface area contributed by atoms with Gasteiger partial charge in [0.25, 0.3) is 5.56 Å². The third-order valence-corrected chi connectivity index (χ3v) is 6.54. The van der Waals surface area contributed by atoms with Crippen LogP contribution in [-0.2, 0) is 0 Å². The molecule has 0 bridgehead atoms. The zero-order chi connectivity index (χ0) is 25.4. The Morgan fingerprint density at radius 2 is 1.67 bits per heavy atom. The second kappa shape index (κ2) is 9.31. The van der Waals surface area contributed by atoms with Crippen LogP contribution >= 0.6 is 11.3 Å². The number of fused-ring (bicyclic) bond motifs is 1. The molecule has 0 spiro atoms. The normalized spacial score (nSPS) is 11.7. The van der Waals surface area contributed by atoms with Crippen LogP contribution in [0.25, 0.3) is 33.7 Å². The van der Waals surface area contributed by atoms with Crippen molar-refractivity contribution in [2.75, 3.05) is 21.3 Å². The van der Waals surface area contributed by atoms with Gasteiger partial charge >= 0.3 is 0 Å². The molecule has 0 aliphatic heterocycles. The number of thiazole rings is 1. The molecule has 0 saturated heterocycles. The van der Waals surface area contributed by atoms with Crippen molar-refractivity contribution in [2.45, 2.75) is 6.92 Å². The molecule has 5 aromatic rings. The van der Waals surface area contributed by atoms with E-state index in [2.05, 4.69) is 10.1 Å². The molecule has 0 radical (unpaired) electrons. The van der Waals surface area contributed by atoms with Crippen molar-refractivity contribution in [1.82, 2.24) is 14.6 Å². The summed E-state index contributed by atoms with van der Waals surface area (Å²) in [4.78, 5) is 29.5. The predicted octanol–water partition coefficient (Wildman–Crippen LogP) is 3.85. The molecule has 0 saturated carbocycles. The Morgan fingerprint density at radius 1 is 0.972 bits per heavy atom. The van der Waals surface area contributed by atoms with E-state index in [4.69, 9.17) is 18.6 Å². The van der Waals surface area contributed by atoms with E-state index in [0.717, 1.165) is 5.56 Å². The van der Waals surface area contributed by atoms with Crippen molar-refractivity contribution in [2.24, 2.45) is 0 Å². The molecule has 5 rings (SSSR count). The molecule has 0 fully saturated rings. The minimum atomic E-state index is -0.301. The number of benzene rings is 2. The van der Waals surface area contributed by atoms with Gasteiger partial charge in [0.15, 0.2) is 23.1 Å². The van der Waals surface area contributed by atoms with Crippen molar-refractivity contribution in [1.29, 1.82) is 0 Å². The number of hydrogen-bond acceptors (Lipinski definition) is 9. The number of nitrogens with zero attached hydrogens (tertiary/aromatic N) is 3. The zero-order valence-electron chi connectivity index (χ0n) is 19.9. The smallest absolute Gasteiger partial charge is 0.291 e. The van der Waals surface area contributed by atoms with Crippen molar-refractivity contribution in [3.63, 3.8) is 0 Å². The largest absolute Gasteiger partial charge is 0.493 e. The number of ether oxygens (including phenoxy) is 3. The SMILES string of the molecule is COc1cc(-c2nc3sc(=Cc4ccc(-c5ccc(C(C)=O)cc5)o4)c(=O)n3n2)cc(OC)c1OC. The molecule has 0 atom stereocenters. The fraction of sp³-hybridized carbons (Fsp3) is 0.154. The number of hydrogen-bond donors (Lipinski definition) is 0. The Kier molecular flexibility index (Phi) is 6.03. The molecule has 2 aromatic carbocycles. The molecule has 10 heteroatoms. The van der Waals surface area contributed by atoms with Gasteiger partial charge in [-0.3, -0.25) is 9.59 Å². The standard InChI is InChI=1S/C26H21N3O6S/c1-14(30)15-5-7-16(8-6-15)19-10-9-18(35-19)13-22-25(31)29-26(36-22)27-24(28-29)17-11-20(32-2)23(34-4)21(12-17)33-3/h5-13H,1-4H3. The maximum absolute atomic E-state index is 13.0. The van der Waals surface area contributed by atoms with Crippen LogP contribution in [0.2, 0.25) is 0 Å². The van der Waals surface area contributed by atoms with Gasteiger partial charge in [0, 0.05) is 22.8 Å². The van der Waals surface area contributed by atoms with Gasteiger partial charge in [-0.25, -0.2) is 0 Å². The van der Waals surface area contributed by atoms with Crippen LogP contribution in [0, 0.1) is 0 Å². The molecule has 0 unspecified atom stereocenters. The summed E-state index contributed by atoms with van der Waals surface area (Å²) in [6.45, 7) is 1.52. The number of carbonyl (C=O) groups excluding carboxylic acids is 1. The van der Waals surface area contributed by atoms with Crippen LogP contribution in [-0.4, -0.2) is 41.7 Å². The lowest BCUT2D eigenvalue weighted by Gasteiger charge is -2.12. The van der Waals surface area contributed by atoms with Gasteiger partial charge < -0.3 is 18.6 Å². The molecule has 182 valence electrons. The summed E-state index contributed by atoms with van der Waals surface area (Å²) in [7, 11) is 4.58. The van der Waals surface area contributed by atoms with E-state index < -0.39 is 0 Å². The third kappa shape index (κ3) is 4.11. The lowest BCUT2D eigenvalue weighted by atomic mass is 10.1. The van der Waals surface area contributed by atoms with E-state index in [1.807, 2.05) is 18.2 Å². The van der Waals surface area contributed by atoms with Crippen LogP contribution < -0.4 is 24.3 Å². The zero-order valence-corrected chi connectivity index (χ0v) is 20.7. The van der Waals surface area contributed by atoms with E-state index in [-0.39, 0.29) is 11.3 Å². The van der Waals surface area contributed by atoms with Crippen molar-refractivity contribution < 1.29 is 23.4 Å². The summed E-state index contributed by atoms with van der Waals surface area (Å²) in [6.07, 6.45) is 1.66. The molecule has 36 heavy (non-hydrogen) atoms. The molecule has 3 aromatic heterocycles. The van der Waals surface area contributed by atoms with Gasteiger partial charge in [0.1, 0.15) is 16.1 Å². The fourth-order valence-electron chi connectivity index (χ4n) is 3.75. The summed E-state index contributed by atoms with van der Waals surface area (Å²) in [5.41, 5.74) is 1.79. The number of ketones is 1. The molecule has 0 N–H and O–H groups in total. The molecule has 0 aliphatic rings. The Morgan fingerprint density at radius 3 is 2.25 bits per heavy atom. The number of methoxy groups -OCH3 is 3. The highest BCUT2D eigenvalue weighted by atomic mass is 32.1. The van der Waals surface area contributed by atoms with Gasteiger partial charge in [-0.15, -0.1) is 5.10 Å². The molecule has 3 heterocycles. The summed E-state index contributed by atoms with van der Waals surface area (Å²) >= 11 is 1.21. The average Bonchev–Trinajstić information content (AvgIpc) is 3.60. The number of Topliss-reactive ketones (excluding diaryl/α,β-unsaturated/α-hetero) is 1. The van der Waals surface area contributed by atoms with Crippen LogP contribution in [0.1, 0.15) is 23.0 Å². The first-order valence-corrected chi connectivity index (χ1v) is 11.7. The Hall–Kier alpha value is -4.44. The third-order valence-electron chi connectivity index (χ3n) is 5.58. The average molecular weight is 504 g/mol. The van der Waals surface area contributed by atoms with Crippen LogP contribution in [0.4, 0.5) is 0 Å². The summed E-state index contributed by atoms with van der Waals surface area (Å²) < 4.78 is 23.8. The molecule has 9 nitrogen and oxygen atoms in total. The first kappa shape index (κ1) is 23.3. The summed E-state index contributed by atoms with van der Waals surface area (Å²) in [6, 6.07) is 14.2. The molecule has 0 amide bonds. The molecule has 0 aliphatic carbocycles. The minimum Gasteiger partial charge on any atom is -0.493 e. The summed E-state index contributed by atoms with van der Waals surface area (Å²) in [5.74, 6) is 2.90. The second-order valence-corrected chi connectivity index (χ2v) is 8.80. The topological polar surface area (TPSA) is 105 Å². The minimum absolute atomic E-state index is 0.00253. The number of rotatable bonds is 7. The van der Waals surface area contributed by atoms with E-state index in [9.17, 15) is 9.59 Å². The van der Waals surface area contributed by atoms with Crippen molar-refractivity contribution in [3.8, 4) is 40.0 Å². The summed E-state index contributed by atoms with van der Waals surface area (Å²) in [5, 5.41) is 4.40. The van der Waals surface area contributed by atoms with Crippen LogP contribution in [0.3, 0.4) is 0 Å². The van der Waals surface area contributed by atoms with Crippen molar-refractivity contribution in [3.05, 3.63) is 74.7 Å². The van der Waals surface area contributed by atoms with E-state index in [1.165, 1.54) is 44.1 Å². The number of aromatic nitrogens is 3. The Labute approximate surface area is 209 Å². The van der Waals surface area contributed by atoms with E-state index in [1.54, 1.807) is 36.4 Å². The predicted molar refractivity (Wildman–Crippen MR) is 135 cm³/mol. The second-order valence-electron chi connectivity index (χ2n) is 7.80. The van der Waals surface area contributed by atoms with Gasteiger partial charge in [-0.2, -0.15) is 9.50 Å². The quantitative estimate of drug-likeness (QED) is 0.309. The Balaban J connectivity index is 1.48. The number of carbonyl (C=O) groups is 1. The van der Waals surface area contributed by atoms with E-state index in [0.29, 0.717) is 55.2 Å². The highest BCUT2D eigenvalue weighted by Gasteiger charge is 2.18. The van der Waals surface area contributed by atoms with Crippen LogP contribution in [0.5, 0.6) is 17.2 Å². The maximum Gasteiger partial charge on any atom is 0.291 e. The van der Waals surface area contributed by atoms with E-state index >= 15 is 0 Å². The lowest BCUT2D eigenvalue weighted by Crippen LogP contribution is -2.23. The van der Waals surface area contributed by atoms with Crippen molar-refractivity contribution >= 4 is 28.2 Å². The van der Waals surface area contributed by atoms with Gasteiger partial charge in [0.2, 0.25) is 10.7 Å². The highest BCUT2D eigenvalue weighted by molar-refractivity contribution is 7.15. The Bertz CT molecular complexity index is 1670. The highest BCUT2D eigenvalue weighted by Crippen LogP contribution is 2.40. The first-order valence-electron chi connectivity index (χ1n) is 10.8. The first-order chi connectivity index (χ1) is 17.4. The monoisotopic (exact) mass is 503 g/mol.